The first-order valence-electron chi connectivity index (χ1n) is 7.15. The summed E-state index contributed by atoms with van der Waals surface area (Å²) in [6, 6.07) is 14.4. The molecule has 2 aromatic carbocycles. The van der Waals surface area contributed by atoms with Crippen LogP contribution in [0.25, 0.3) is 0 Å². The van der Waals surface area contributed by atoms with Crippen molar-refractivity contribution in [2.45, 2.75) is 18.4 Å². The van der Waals surface area contributed by atoms with Gasteiger partial charge in [0.2, 0.25) is 0 Å². The van der Waals surface area contributed by atoms with Crippen molar-refractivity contribution in [2.24, 2.45) is 0 Å². The quantitative estimate of drug-likeness (QED) is 0.861. The van der Waals surface area contributed by atoms with E-state index in [1.807, 2.05) is 25.1 Å². The number of nitrogens with zero attached hydrogens (tertiary/aromatic N) is 1. The van der Waals surface area contributed by atoms with E-state index in [4.69, 9.17) is 0 Å². The van der Waals surface area contributed by atoms with Gasteiger partial charge in [-0.25, -0.2) is 8.42 Å². The molecule has 0 saturated heterocycles. The Morgan fingerprint density at radius 3 is 2.14 bits per heavy atom. The number of sulfonamides is 1. The highest BCUT2D eigenvalue weighted by atomic mass is 32.2. The summed E-state index contributed by atoms with van der Waals surface area (Å²) in [5.41, 5.74) is 2.64. The van der Waals surface area contributed by atoms with Gasteiger partial charge in [-0.05, 0) is 25.1 Å². The molecule has 0 heterocycles. The van der Waals surface area contributed by atoms with Crippen LogP contribution in [0.15, 0.2) is 53.4 Å². The van der Waals surface area contributed by atoms with Gasteiger partial charge in [-0.1, -0.05) is 35.9 Å². The fraction of sp³-hybridized carbons (Fsp3) is 0.294. The summed E-state index contributed by atoms with van der Waals surface area (Å²) in [5, 5.41) is 0. The smallest absolute Gasteiger partial charge is 0.261 e. The zero-order valence-electron chi connectivity index (χ0n) is 13.5. The molecule has 2 rings (SSSR count). The lowest BCUT2D eigenvalue weighted by Crippen LogP contribution is -2.33. The molecule has 0 amide bonds. The van der Waals surface area contributed by atoms with Crippen LogP contribution in [-0.2, 0) is 16.6 Å². The molecular formula is C17H23N2O2S+. The van der Waals surface area contributed by atoms with Crippen LogP contribution < -0.4 is 4.72 Å². The van der Waals surface area contributed by atoms with Crippen LogP contribution in [-0.4, -0.2) is 34.0 Å². The SMILES string of the molecule is Cc1ccc(S(=O)(=O)Nc2ccccc2C[N+](C)(C)C)cc1. The fourth-order valence-electron chi connectivity index (χ4n) is 2.19. The minimum atomic E-state index is -3.57. The fourth-order valence-corrected chi connectivity index (χ4v) is 3.29. The number of hydrogen-bond acceptors (Lipinski definition) is 2. The molecule has 0 saturated carbocycles. The van der Waals surface area contributed by atoms with Crippen LogP contribution >= 0.6 is 0 Å². The van der Waals surface area contributed by atoms with Crippen molar-refractivity contribution in [2.75, 3.05) is 25.9 Å². The minimum Gasteiger partial charge on any atom is -0.327 e. The number of rotatable bonds is 5. The van der Waals surface area contributed by atoms with Crippen LogP contribution in [0.4, 0.5) is 5.69 Å². The van der Waals surface area contributed by atoms with E-state index in [2.05, 4.69) is 25.9 Å². The molecule has 0 bridgehead atoms. The Labute approximate surface area is 133 Å². The molecule has 22 heavy (non-hydrogen) atoms. The molecule has 118 valence electrons. The summed E-state index contributed by atoms with van der Waals surface area (Å²) in [5.74, 6) is 0. The molecule has 4 nitrogen and oxygen atoms in total. The summed E-state index contributed by atoms with van der Waals surface area (Å²) in [7, 11) is 2.66. The first-order chi connectivity index (χ1) is 10.2. The molecular weight excluding hydrogens is 296 g/mol. The highest BCUT2D eigenvalue weighted by molar-refractivity contribution is 7.92. The van der Waals surface area contributed by atoms with Gasteiger partial charge < -0.3 is 4.48 Å². The lowest BCUT2D eigenvalue weighted by molar-refractivity contribution is -0.883. The van der Waals surface area contributed by atoms with E-state index in [-0.39, 0.29) is 4.90 Å². The molecule has 0 spiro atoms. The van der Waals surface area contributed by atoms with Crippen LogP contribution in [0.5, 0.6) is 0 Å². The topological polar surface area (TPSA) is 46.2 Å². The molecule has 5 heteroatoms. The first-order valence-corrected chi connectivity index (χ1v) is 8.63. The Kier molecular flexibility index (Phi) is 4.58. The maximum absolute atomic E-state index is 12.5. The third-order valence-electron chi connectivity index (χ3n) is 3.24. The Balaban J connectivity index is 2.32. The van der Waals surface area contributed by atoms with Crippen molar-refractivity contribution in [1.82, 2.24) is 0 Å². The number of quaternary nitrogens is 1. The molecule has 0 atom stereocenters. The van der Waals surface area contributed by atoms with Gasteiger partial charge in [0, 0.05) is 5.56 Å². The van der Waals surface area contributed by atoms with Crippen LogP contribution in [0.1, 0.15) is 11.1 Å². The van der Waals surface area contributed by atoms with Gasteiger partial charge in [0.25, 0.3) is 10.0 Å². The van der Waals surface area contributed by atoms with Crippen LogP contribution in [0.3, 0.4) is 0 Å². The molecule has 0 aliphatic heterocycles. The van der Waals surface area contributed by atoms with E-state index in [1.165, 1.54) is 0 Å². The van der Waals surface area contributed by atoms with Crippen molar-refractivity contribution >= 4 is 15.7 Å². The van der Waals surface area contributed by atoms with E-state index in [0.29, 0.717) is 5.69 Å². The molecule has 0 aromatic heterocycles. The van der Waals surface area contributed by atoms with Crippen molar-refractivity contribution in [1.29, 1.82) is 0 Å². The van der Waals surface area contributed by atoms with Gasteiger partial charge in [0.15, 0.2) is 0 Å². The summed E-state index contributed by atoms with van der Waals surface area (Å²) in [6.07, 6.45) is 0. The minimum absolute atomic E-state index is 0.276. The Hall–Kier alpha value is -1.85. The summed E-state index contributed by atoms with van der Waals surface area (Å²) >= 11 is 0. The van der Waals surface area contributed by atoms with E-state index in [1.54, 1.807) is 30.3 Å². The average molecular weight is 319 g/mol. The highest BCUT2D eigenvalue weighted by Gasteiger charge is 2.18. The number of anilines is 1. The Morgan fingerprint density at radius 2 is 1.55 bits per heavy atom. The highest BCUT2D eigenvalue weighted by Crippen LogP contribution is 2.22. The van der Waals surface area contributed by atoms with Gasteiger partial charge in [-0.15, -0.1) is 0 Å². The van der Waals surface area contributed by atoms with Gasteiger partial charge in [0.05, 0.1) is 31.7 Å². The summed E-state index contributed by atoms with van der Waals surface area (Å²) < 4.78 is 28.5. The van der Waals surface area contributed by atoms with Crippen molar-refractivity contribution in [3.05, 3.63) is 59.7 Å². The summed E-state index contributed by atoms with van der Waals surface area (Å²) in [4.78, 5) is 0.276. The van der Waals surface area contributed by atoms with Crippen LogP contribution in [0, 0.1) is 6.92 Å². The Bertz CT molecular complexity index is 745. The van der Waals surface area contributed by atoms with Gasteiger partial charge >= 0.3 is 0 Å². The maximum Gasteiger partial charge on any atom is 0.261 e. The monoisotopic (exact) mass is 319 g/mol. The largest absolute Gasteiger partial charge is 0.327 e. The number of hydrogen-bond donors (Lipinski definition) is 1. The van der Waals surface area contributed by atoms with Gasteiger partial charge in [-0.2, -0.15) is 0 Å². The molecule has 0 fully saturated rings. The number of nitrogens with one attached hydrogen (secondary N) is 1. The van der Waals surface area contributed by atoms with Gasteiger partial charge in [0.1, 0.15) is 6.54 Å². The molecule has 0 aliphatic carbocycles. The number of aryl methyl sites for hydroxylation is 1. The normalized spacial score (nSPS) is 12.2. The second-order valence-electron chi connectivity index (χ2n) is 6.52. The standard InChI is InChI=1S/C17H23N2O2S/c1-14-9-11-16(12-10-14)22(20,21)18-17-8-6-5-7-15(17)13-19(2,3)4/h5-12,18H,13H2,1-4H3/q+1. The predicted octanol–water partition coefficient (Wildman–Crippen LogP) is 3.00. The van der Waals surface area contributed by atoms with Crippen molar-refractivity contribution in [3.63, 3.8) is 0 Å². The van der Waals surface area contributed by atoms with E-state index in [0.717, 1.165) is 22.2 Å². The van der Waals surface area contributed by atoms with E-state index in [9.17, 15) is 8.42 Å². The van der Waals surface area contributed by atoms with Crippen LogP contribution in [0.2, 0.25) is 0 Å². The zero-order chi connectivity index (χ0) is 16.4. The predicted molar refractivity (Wildman–Crippen MR) is 90.2 cm³/mol. The van der Waals surface area contributed by atoms with Crippen molar-refractivity contribution in [3.8, 4) is 0 Å². The van der Waals surface area contributed by atoms with E-state index >= 15 is 0 Å². The lowest BCUT2D eigenvalue weighted by Gasteiger charge is -2.25. The maximum atomic E-state index is 12.5. The number of para-hydroxylation sites is 1. The third-order valence-corrected chi connectivity index (χ3v) is 4.62. The Morgan fingerprint density at radius 1 is 0.955 bits per heavy atom. The third kappa shape index (κ3) is 4.32. The van der Waals surface area contributed by atoms with Crippen molar-refractivity contribution < 1.29 is 12.9 Å². The second kappa shape index (κ2) is 6.10. The molecule has 0 radical (unpaired) electrons. The molecule has 2 aromatic rings. The van der Waals surface area contributed by atoms with E-state index < -0.39 is 10.0 Å². The molecule has 0 unspecified atom stereocenters. The summed E-state index contributed by atoms with van der Waals surface area (Å²) in [6.45, 7) is 2.67. The van der Waals surface area contributed by atoms with Gasteiger partial charge in [-0.3, -0.25) is 4.72 Å². The molecule has 0 aliphatic rings. The zero-order valence-corrected chi connectivity index (χ0v) is 14.3. The first kappa shape index (κ1) is 16.5. The molecule has 1 N–H and O–H groups in total. The lowest BCUT2D eigenvalue weighted by atomic mass is 10.1. The second-order valence-corrected chi connectivity index (χ2v) is 8.21. The number of benzene rings is 2. The average Bonchev–Trinajstić information content (AvgIpc) is 2.39.